The van der Waals surface area contributed by atoms with Gasteiger partial charge in [0.1, 0.15) is 0 Å². The minimum Gasteiger partial charge on any atom is -0.478 e. The highest BCUT2D eigenvalue weighted by Crippen LogP contribution is 2.08. The third-order valence-electron chi connectivity index (χ3n) is 2.01. The molecule has 0 atom stereocenters. The van der Waals surface area contributed by atoms with Crippen LogP contribution in [-0.2, 0) is 4.79 Å². The number of aliphatic carboxylic acids is 1. The van der Waals surface area contributed by atoms with E-state index in [1.807, 2.05) is 0 Å². The quantitative estimate of drug-likeness (QED) is 0.304. The van der Waals surface area contributed by atoms with E-state index in [0.717, 1.165) is 12.8 Å². The molecule has 1 N–H and O–H groups in total. The molecule has 0 aliphatic rings. The van der Waals surface area contributed by atoms with Crippen LogP contribution in [0.25, 0.3) is 0 Å². The SMILES string of the molecule is O=C(O)C=CCCCCCCCCI. The molecule has 0 radical (unpaired) electrons. The lowest BCUT2D eigenvalue weighted by Crippen LogP contribution is -1.85. The van der Waals surface area contributed by atoms with E-state index in [-0.39, 0.29) is 0 Å². The molecule has 2 nitrogen and oxygen atoms in total. The van der Waals surface area contributed by atoms with E-state index in [2.05, 4.69) is 22.6 Å². The van der Waals surface area contributed by atoms with Crippen LogP contribution in [-0.4, -0.2) is 15.5 Å². The van der Waals surface area contributed by atoms with Crippen molar-refractivity contribution in [3.8, 4) is 0 Å². The van der Waals surface area contributed by atoms with Gasteiger partial charge in [0.2, 0.25) is 0 Å². The molecular weight excluding hydrogens is 291 g/mol. The lowest BCUT2D eigenvalue weighted by Gasteiger charge is -1.98. The second kappa shape index (κ2) is 11.0. The number of carboxylic acids is 1. The molecule has 0 heterocycles. The van der Waals surface area contributed by atoms with Gasteiger partial charge in [-0.15, -0.1) is 0 Å². The molecule has 82 valence electrons. The highest BCUT2D eigenvalue weighted by atomic mass is 127. The highest BCUT2D eigenvalue weighted by Gasteiger charge is 1.90. The van der Waals surface area contributed by atoms with Gasteiger partial charge in [0, 0.05) is 6.08 Å². The largest absolute Gasteiger partial charge is 0.478 e. The summed E-state index contributed by atoms with van der Waals surface area (Å²) >= 11 is 2.41. The number of rotatable bonds is 9. The fourth-order valence-electron chi connectivity index (χ4n) is 1.25. The van der Waals surface area contributed by atoms with E-state index in [9.17, 15) is 4.79 Å². The molecule has 0 spiro atoms. The fourth-order valence-corrected chi connectivity index (χ4v) is 1.79. The van der Waals surface area contributed by atoms with E-state index in [0.29, 0.717) is 0 Å². The lowest BCUT2D eigenvalue weighted by molar-refractivity contribution is -0.131. The summed E-state index contributed by atoms with van der Waals surface area (Å²) in [5.74, 6) is -0.841. The summed E-state index contributed by atoms with van der Waals surface area (Å²) < 4.78 is 1.26. The molecule has 0 saturated carbocycles. The van der Waals surface area contributed by atoms with Gasteiger partial charge < -0.3 is 5.11 Å². The number of alkyl halides is 1. The third-order valence-corrected chi connectivity index (χ3v) is 2.78. The first kappa shape index (κ1) is 13.9. The number of unbranched alkanes of at least 4 members (excludes halogenated alkanes) is 6. The van der Waals surface area contributed by atoms with Gasteiger partial charge in [-0.1, -0.05) is 54.4 Å². The van der Waals surface area contributed by atoms with Gasteiger partial charge in [-0.25, -0.2) is 4.79 Å². The first-order chi connectivity index (χ1) is 6.77. The van der Waals surface area contributed by atoms with E-state index in [1.54, 1.807) is 6.08 Å². The van der Waals surface area contributed by atoms with Gasteiger partial charge in [-0.3, -0.25) is 0 Å². The summed E-state index contributed by atoms with van der Waals surface area (Å²) in [7, 11) is 0. The predicted octanol–water partition coefficient (Wildman–Crippen LogP) is 3.79. The summed E-state index contributed by atoms with van der Waals surface area (Å²) in [6.07, 6.45) is 11.5. The zero-order valence-electron chi connectivity index (χ0n) is 8.54. The Morgan fingerprint density at radius 1 is 1.07 bits per heavy atom. The van der Waals surface area contributed by atoms with Crippen LogP contribution in [0.15, 0.2) is 12.2 Å². The van der Waals surface area contributed by atoms with Gasteiger partial charge in [0.05, 0.1) is 0 Å². The molecule has 0 amide bonds. The van der Waals surface area contributed by atoms with E-state index >= 15 is 0 Å². The van der Waals surface area contributed by atoms with E-state index in [4.69, 9.17) is 5.11 Å². The molecular formula is C11H19IO2. The summed E-state index contributed by atoms with van der Waals surface area (Å²) in [5, 5.41) is 8.33. The van der Waals surface area contributed by atoms with Crippen LogP contribution in [0.2, 0.25) is 0 Å². The third kappa shape index (κ3) is 11.9. The Morgan fingerprint density at radius 2 is 1.64 bits per heavy atom. The number of carbonyl (C=O) groups is 1. The number of allylic oxidation sites excluding steroid dienone is 1. The first-order valence-electron chi connectivity index (χ1n) is 5.23. The van der Waals surface area contributed by atoms with E-state index in [1.165, 1.54) is 42.6 Å². The topological polar surface area (TPSA) is 37.3 Å². The van der Waals surface area contributed by atoms with Gasteiger partial charge in [-0.05, 0) is 23.7 Å². The molecule has 0 aliphatic heterocycles. The Hall–Kier alpha value is -0.0600. The van der Waals surface area contributed by atoms with Crippen molar-refractivity contribution >= 4 is 28.6 Å². The van der Waals surface area contributed by atoms with Crippen LogP contribution >= 0.6 is 22.6 Å². The molecule has 3 heteroatoms. The van der Waals surface area contributed by atoms with Gasteiger partial charge in [-0.2, -0.15) is 0 Å². The second-order valence-electron chi connectivity index (χ2n) is 3.34. The zero-order valence-corrected chi connectivity index (χ0v) is 10.7. The Balaban J connectivity index is 3.02. The Labute approximate surface area is 99.9 Å². The van der Waals surface area contributed by atoms with Crippen molar-refractivity contribution in [2.24, 2.45) is 0 Å². The molecule has 0 unspecified atom stereocenters. The van der Waals surface area contributed by atoms with Crippen molar-refractivity contribution in [2.75, 3.05) is 4.43 Å². The normalized spacial score (nSPS) is 10.9. The molecule has 0 rings (SSSR count). The number of carboxylic acid groups (broad SMARTS) is 1. The van der Waals surface area contributed by atoms with Crippen molar-refractivity contribution in [3.63, 3.8) is 0 Å². The maximum Gasteiger partial charge on any atom is 0.327 e. The lowest BCUT2D eigenvalue weighted by atomic mass is 10.1. The first-order valence-corrected chi connectivity index (χ1v) is 6.75. The maximum absolute atomic E-state index is 10.1. The molecule has 0 aromatic carbocycles. The molecule has 0 aromatic rings. The van der Waals surface area contributed by atoms with Crippen LogP contribution in [0.4, 0.5) is 0 Å². The highest BCUT2D eigenvalue weighted by molar-refractivity contribution is 14.1. The molecule has 0 aliphatic carbocycles. The van der Waals surface area contributed by atoms with Gasteiger partial charge in [0.15, 0.2) is 0 Å². The minimum atomic E-state index is -0.841. The predicted molar refractivity (Wildman–Crippen MR) is 68.0 cm³/mol. The van der Waals surface area contributed by atoms with Crippen molar-refractivity contribution in [2.45, 2.75) is 44.9 Å². The average molecular weight is 310 g/mol. The zero-order chi connectivity index (χ0) is 10.6. The summed E-state index contributed by atoms with van der Waals surface area (Å²) in [5.41, 5.74) is 0. The molecule has 14 heavy (non-hydrogen) atoms. The molecule has 0 aromatic heterocycles. The maximum atomic E-state index is 10.1. The van der Waals surface area contributed by atoms with Crippen LogP contribution in [0.1, 0.15) is 44.9 Å². The minimum absolute atomic E-state index is 0.841. The van der Waals surface area contributed by atoms with Crippen LogP contribution in [0, 0.1) is 0 Å². The van der Waals surface area contributed by atoms with E-state index < -0.39 is 5.97 Å². The molecule has 0 saturated heterocycles. The number of halogens is 1. The molecule has 0 bridgehead atoms. The average Bonchev–Trinajstić information content (AvgIpc) is 2.15. The number of hydrogen-bond acceptors (Lipinski definition) is 1. The number of hydrogen-bond donors (Lipinski definition) is 1. The Morgan fingerprint density at radius 3 is 2.21 bits per heavy atom. The van der Waals surface area contributed by atoms with Crippen molar-refractivity contribution < 1.29 is 9.90 Å². The van der Waals surface area contributed by atoms with Crippen LogP contribution in [0.5, 0.6) is 0 Å². The van der Waals surface area contributed by atoms with Gasteiger partial charge >= 0.3 is 5.97 Å². The monoisotopic (exact) mass is 310 g/mol. The summed E-state index contributed by atoms with van der Waals surface area (Å²) in [6.45, 7) is 0. The van der Waals surface area contributed by atoms with Gasteiger partial charge in [0.25, 0.3) is 0 Å². The Bertz CT molecular complexity index is 167. The van der Waals surface area contributed by atoms with Crippen LogP contribution < -0.4 is 0 Å². The summed E-state index contributed by atoms with van der Waals surface area (Å²) in [6, 6.07) is 0. The van der Waals surface area contributed by atoms with Crippen molar-refractivity contribution in [3.05, 3.63) is 12.2 Å². The standard InChI is InChI=1S/C11H19IO2/c12-10-8-6-4-2-1-3-5-7-9-11(13)14/h7,9H,1-6,8,10H2,(H,13,14). The Kier molecular flexibility index (Phi) is 11.0. The summed E-state index contributed by atoms with van der Waals surface area (Å²) in [4.78, 5) is 10.1. The van der Waals surface area contributed by atoms with Crippen molar-refractivity contribution in [1.29, 1.82) is 0 Å². The van der Waals surface area contributed by atoms with Crippen molar-refractivity contribution in [1.82, 2.24) is 0 Å². The smallest absolute Gasteiger partial charge is 0.327 e. The van der Waals surface area contributed by atoms with Crippen LogP contribution in [0.3, 0.4) is 0 Å². The molecule has 0 fully saturated rings. The second-order valence-corrected chi connectivity index (χ2v) is 4.42. The fraction of sp³-hybridized carbons (Fsp3) is 0.727.